The highest BCUT2D eigenvalue weighted by atomic mass is 19.1. The maximum Gasteiger partial charge on any atom is 0.169 e. The molecule has 0 unspecified atom stereocenters. The van der Waals surface area contributed by atoms with Crippen molar-refractivity contribution in [3.63, 3.8) is 0 Å². The Hall–Kier alpha value is -1.25. The Balaban J connectivity index is 3.00. The van der Waals surface area contributed by atoms with Crippen LogP contribution in [0.15, 0.2) is 18.2 Å². The topological polar surface area (TPSA) is 17.1 Å². The van der Waals surface area contributed by atoms with Crippen molar-refractivity contribution >= 4 is 5.78 Å². The van der Waals surface area contributed by atoms with Crippen molar-refractivity contribution in [3.05, 3.63) is 35.4 Å². The van der Waals surface area contributed by atoms with Gasteiger partial charge in [-0.25, -0.2) is 8.78 Å². The molecule has 0 amide bonds. The van der Waals surface area contributed by atoms with Gasteiger partial charge in [0.2, 0.25) is 0 Å². The number of carbonyl (C=O) groups excluding carboxylic acids is 1. The molecule has 0 radical (unpaired) electrons. The molecule has 0 aliphatic carbocycles. The molecule has 1 aromatic carbocycles. The Bertz CT molecular complexity index is 325. The summed E-state index contributed by atoms with van der Waals surface area (Å²) in [7, 11) is 0. The van der Waals surface area contributed by atoms with Gasteiger partial charge in [0.05, 0.1) is 5.56 Å². The first-order valence-corrected chi connectivity index (χ1v) is 4.49. The third-order valence-electron chi connectivity index (χ3n) is 1.84. The Morgan fingerprint density at radius 2 is 1.79 bits per heavy atom. The number of hydrogen-bond acceptors (Lipinski definition) is 1. The summed E-state index contributed by atoms with van der Waals surface area (Å²) >= 11 is 0. The number of halogens is 2. The number of rotatable bonds is 3. The minimum atomic E-state index is -0.782. The van der Waals surface area contributed by atoms with E-state index in [0.29, 0.717) is 0 Å². The van der Waals surface area contributed by atoms with Crippen LogP contribution in [-0.2, 0) is 0 Å². The molecule has 0 aliphatic rings. The van der Waals surface area contributed by atoms with Crippen LogP contribution in [-0.4, -0.2) is 5.78 Å². The van der Waals surface area contributed by atoms with Crippen molar-refractivity contribution in [2.45, 2.75) is 20.3 Å². The van der Waals surface area contributed by atoms with Gasteiger partial charge in [-0.3, -0.25) is 4.79 Å². The molecule has 76 valence electrons. The quantitative estimate of drug-likeness (QED) is 0.681. The Morgan fingerprint density at radius 1 is 1.29 bits per heavy atom. The highest BCUT2D eigenvalue weighted by Gasteiger charge is 2.17. The van der Waals surface area contributed by atoms with Crippen LogP contribution in [0.25, 0.3) is 0 Å². The zero-order chi connectivity index (χ0) is 10.7. The molecule has 0 aliphatic heterocycles. The van der Waals surface area contributed by atoms with E-state index >= 15 is 0 Å². The molecular formula is C11H12F2O. The summed E-state index contributed by atoms with van der Waals surface area (Å²) < 4.78 is 26.2. The lowest BCUT2D eigenvalue weighted by molar-refractivity contribution is 0.0959. The van der Waals surface area contributed by atoms with Crippen molar-refractivity contribution in [3.8, 4) is 0 Å². The Labute approximate surface area is 81.7 Å². The standard InChI is InChI=1S/C11H12F2O/c1-7(2)6-10(14)11-8(12)4-3-5-9(11)13/h3-5,7H,6H2,1-2H3. The van der Waals surface area contributed by atoms with Crippen LogP contribution in [0.3, 0.4) is 0 Å². The summed E-state index contributed by atoms with van der Waals surface area (Å²) in [5, 5.41) is 0. The van der Waals surface area contributed by atoms with E-state index in [2.05, 4.69) is 0 Å². The second kappa shape index (κ2) is 4.31. The van der Waals surface area contributed by atoms with Crippen molar-refractivity contribution in [1.29, 1.82) is 0 Å². The lowest BCUT2D eigenvalue weighted by atomic mass is 10.0. The van der Waals surface area contributed by atoms with Crippen molar-refractivity contribution in [1.82, 2.24) is 0 Å². The largest absolute Gasteiger partial charge is 0.294 e. The molecule has 0 saturated heterocycles. The average molecular weight is 198 g/mol. The lowest BCUT2D eigenvalue weighted by Gasteiger charge is -2.05. The van der Waals surface area contributed by atoms with Gasteiger partial charge in [0.25, 0.3) is 0 Å². The number of benzene rings is 1. The molecule has 0 N–H and O–H groups in total. The van der Waals surface area contributed by atoms with Gasteiger partial charge in [0.1, 0.15) is 11.6 Å². The third kappa shape index (κ3) is 2.37. The van der Waals surface area contributed by atoms with E-state index in [4.69, 9.17) is 0 Å². The number of ketones is 1. The highest BCUT2D eigenvalue weighted by Crippen LogP contribution is 2.16. The summed E-state index contributed by atoms with van der Waals surface area (Å²) in [6.45, 7) is 3.66. The van der Waals surface area contributed by atoms with Gasteiger partial charge in [-0.1, -0.05) is 19.9 Å². The van der Waals surface area contributed by atoms with Crippen LogP contribution in [0.1, 0.15) is 30.6 Å². The normalized spacial score (nSPS) is 10.6. The van der Waals surface area contributed by atoms with Gasteiger partial charge in [-0.2, -0.15) is 0 Å². The van der Waals surface area contributed by atoms with Crippen LogP contribution >= 0.6 is 0 Å². The number of carbonyl (C=O) groups is 1. The molecule has 0 bridgehead atoms. The van der Waals surface area contributed by atoms with Crippen LogP contribution in [0.4, 0.5) is 8.78 Å². The first-order chi connectivity index (χ1) is 6.52. The molecule has 0 aromatic heterocycles. The van der Waals surface area contributed by atoms with Crippen LogP contribution in [0.5, 0.6) is 0 Å². The fourth-order valence-corrected chi connectivity index (χ4v) is 1.24. The third-order valence-corrected chi connectivity index (χ3v) is 1.84. The minimum absolute atomic E-state index is 0.0986. The fourth-order valence-electron chi connectivity index (χ4n) is 1.24. The van der Waals surface area contributed by atoms with Gasteiger partial charge in [0.15, 0.2) is 5.78 Å². The molecular weight excluding hydrogens is 186 g/mol. The van der Waals surface area contributed by atoms with Crippen LogP contribution in [0.2, 0.25) is 0 Å². The second-order valence-electron chi connectivity index (χ2n) is 3.62. The first-order valence-electron chi connectivity index (χ1n) is 4.49. The van der Waals surface area contributed by atoms with Gasteiger partial charge in [-0.15, -0.1) is 0 Å². The Kier molecular flexibility index (Phi) is 3.33. The molecule has 3 heteroatoms. The van der Waals surface area contributed by atoms with Crippen molar-refractivity contribution in [2.75, 3.05) is 0 Å². The maximum absolute atomic E-state index is 13.1. The average Bonchev–Trinajstić information content (AvgIpc) is 2.01. The van der Waals surface area contributed by atoms with Gasteiger partial charge >= 0.3 is 0 Å². The summed E-state index contributed by atoms with van der Waals surface area (Å²) in [5.41, 5.74) is -0.416. The predicted octanol–water partition coefficient (Wildman–Crippen LogP) is 3.19. The van der Waals surface area contributed by atoms with Crippen LogP contribution < -0.4 is 0 Å². The SMILES string of the molecule is CC(C)CC(=O)c1c(F)cccc1F. The summed E-state index contributed by atoms with van der Waals surface area (Å²) in [5.74, 6) is -1.94. The maximum atomic E-state index is 13.1. The summed E-state index contributed by atoms with van der Waals surface area (Å²) in [4.78, 5) is 11.4. The van der Waals surface area contributed by atoms with Gasteiger partial charge in [-0.05, 0) is 18.1 Å². The molecule has 0 heterocycles. The number of hydrogen-bond donors (Lipinski definition) is 0. The molecule has 1 aromatic rings. The van der Waals surface area contributed by atoms with E-state index in [1.54, 1.807) is 0 Å². The molecule has 0 spiro atoms. The van der Waals surface area contributed by atoms with Crippen molar-refractivity contribution < 1.29 is 13.6 Å². The highest BCUT2D eigenvalue weighted by molar-refractivity contribution is 5.96. The van der Waals surface area contributed by atoms with Gasteiger partial charge < -0.3 is 0 Å². The Morgan fingerprint density at radius 3 is 2.21 bits per heavy atom. The fraction of sp³-hybridized carbons (Fsp3) is 0.364. The molecule has 0 fully saturated rings. The van der Waals surface area contributed by atoms with E-state index in [1.807, 2.05) is 13.8 Å². The van der Waals surface area contributed by atoms with E-state index < -0.39 is 23.0 Å². The first kappa shape index (κ1) is 10.8. The number of Topliss-reactive ketones (excluding diaryl/α,β-unsaturated/α-hetero) is 1. The zero-order valence-corrected chi connectivity index (χ0v) is 8.18. The monoisotopic (exact) mass is 198 g/mol. The smallest absolute Gasteiger partial charge is 0.169 e. The van der Waals surface area contributed by atoms with E-state index in [9.17, 15) is 13.6 Å². The molecule has 0 saturated carbocycles. The molecule has 14 heavy (non-hydrogen) atoms. The molecule has 1 nitrogen and oxygen atoms in total. The summed E-state index contributed by atoms with van der Waals surface area (Å²) in [6, 6.07) is 3.43. The minimum Gasteiger partial charge on any atom is -0.294 e. The summed E-state index contributed by atoms with van der Waals surface area (Å²) in [6.07, 6.45) is 0.165. The predicted molar refractivity (Wildman–Crippen MR) is 50.1 cm³/mol. The van der Waals surface area contributed by atoms with E-state index in [1.165, 1.54) is 6.07 Å². The molecule has 0 atom stereocenters. The van der Waals surface area contributed by atoms with Crippen LogP contribution in [0, 0.1) is 17.6 Å². The van der Waals surface area contributed by atoms with Crippen molar-refractivity contribution in [2.24, 2.45) is 5.92 Å². The second-order valence-corrected chi connectivity index (χ2v) is 3.62. The van der Waals surface area contributed by atoms with E-state index in [0.717, 1.165) is 12.1 Å². The lowest BCUT2D eigenvalue weighted by Crippen LogP contribution is -2.08. The molecule has 1 rings (SSSR count). The zero-order valence-electron chi connectivity index (χ0n) is 8.18. The van der Waals surface area contributed by atoms with E-state index in [-0.39, 0.29) is 12.3 Å². The van der Waals surface area contributed by atoms with Gasteiger partial charge in [0, 0.05) is 6.42 Å².